The van der Waals surface area contributed by atoms with Crippen LogP contribution in [-0.2, 0) is 4.79 Å². The van der Waals surface area contributed by atoms with Gasteiger partial charge >= 0.3 is 5.97 Å². The number of aliphatic carboxylic acids is 1. The summed E-state index contributed by atoms with van der Waals surface area (Å²) in [5, 5.41) is 9.19. The van der Waals surface area contributed by atoms with Gasteiger partial charge in [-0.3, -0.25) is 4.79 Å². The lowest BCUT2D eigenvalue weighted by Gasteiger charge is -2.40. The van der Waals surface area contributed by atoms with Crippen LogP contribution in [0, 0.1) is 23.2 Å². The Kier molecular flexibility index (Phi) is 3.23. The number of hydrogen-bond acceptors (Lipinski definition) is 1. The molecule has 1 rings (SSSR count). The lowest BCUT2D eigenvalue weighted by molar-refractivity contribution is -0.148. The summed E-state index contributed by atoms with van der Waals surface area (Å²) in [5.41, 5.74) is 0.128. The van der Waals surface area contributed by atoms with E-state index in [1.54, 1.807) is 0 Å². The van der Waals surface area contributed by atoms with Gasteiger partial charge in [0, 0.05) is 0 Å². The van der Waals surface area contributed by atoms with E-state index >= 15 is 0 Å². The zero-order chi connectivity index (χ0) is 10.9. The summed E-state index contributed by atoms with van der Waals surface area (Å²) in [6.07, 6.45) is 3.12. The number of carbonyl (C=O) groups is 1. The Morgan fingerprint density at radius 3 is 2.29 bits per heavy atom. The van der Waals surface area contributed by atoms with Gasteiger partial charge in [0.2, 0.25) is 0 Å². The second-order valence-electron chi connectivity index (χ2n) is 5.84. The van der Waals surface area contributed by atoms with Gasteiger partial charge in [0.15, 0.2) is 0 Å². The van der Waals surface area contributed by atoms with Gasteiger partial charge in [-0.2, -0.15) is 0 Å². The summed E-state index contributed by atoms with van der Waals surface area (Å²) in [7, 11) is 0. The van der Waals surface area contributed by atoms with E-state index in [4.69, 9.17) is 0 Å². The third-order valence-electron chi connectivity index (χ3n) is 3.54. The third kappa shape index (κ3) is 2.49. The summed E-state index contributed by atoms with van der Waals surface area (Å²) in [5.74, 6) is 0.195. The summed E-state index contributed by atoms with van der Waals surface area (Å²) in [4.78, 5) is 11.2. The van der Waals surface area contributed by atoms with Crippen LogP contribution in [0.2, 0.25) is 0 Å². The van der Waals surface area contributed by atoms with Crippen molar-refractivity contribution >= 4 is 5.97 Å². The number of rotatable bonds is 1. The molecular formula is C12H22O2. The maximum absolute atomic E-state index is 11.2. The minimum atomic E-state index is -0.600. The molecule has 0 spiro atoms. The highest BCUT2D eigenvalue weighted by molar-refractivity contribution is 5.70. The monoisotopic (exact) mass is 198 g/mol. The van der Waals surface area contributed by atoms with E-state index in [0.29, 0.717) is 11.8 Å². The van der Waals surface area contributed by atoms with Gasteiger partial charge in [-0.05, 0) is 30.1 Å². The molecule has 1 aliphatic rings. The van der Waals surface area contributed by atoms with E-state index in [0.717, 1.165) is 12.8 Å². The first-order chi connectivity index (χ1) is 6.32. The molecule has 0 amide bonds. The van der Waals surface area contributed by atoms with Crippen molar-refractivity contribution in [3.05, 3.63) is 0 Å². The van der Waals surface area contributed by atoms with Crippen LogP contribution in [0.4, 0.5) is 0 Å². The van der Waals surface area contributed by atoms with Crippen LogP contribution in [-0.4, -0.2) is 11.1 Å². The number of hydrogen-bond donors (Lipinski definition) is 1. The van der Waals surface area contributed by atoms with Crippen molar-refractivity contribution in [1.29, 1.82) is 0 Å². The van der Waals surface area contributed by atoms with Gasteiger partial charge in [0.05, 0.1) is 5.92 Å². The predicted molar refractivity (Wildman–Crippen MR) is 57.1 cm³/mol. The number of carboxylic acid groups (broad SMARTS) is 1. The average molecular weight is 198 g/mol. The molecule has 1 saturated carbocycles. The summed E-state index contributed by atoms with van der Waals surface area (Å²) < 4.78 is 0. The molecule has 1 N–H and O–H groups in total. The van der Waals surface area contributed by atoms with Crippen LogP contribution in [0.15, 0.2) is 0 Å². The Bertz CT molecular complexity index is 215. The first kappa shape index (κ1) is 11.5. The first-order valence-electron chi connectivity index (χ1n) is 5.55. The second-order valence-corrected chi connectivity index (χ2v) is 5.84. The normalized spacial score (nSPS) is 34.1. The topological polar surface area (TPSA) is 37.3 Å². The van der Waals surface area contributed by atoms with Crippen LogP contribution >= 0.6 is 0 Å². The van der Waals surface area contributed by atoms with Crippen molar-refractivity contribution in [1.82, 2.24) is 0 Å². The fourth-order valence-electron chi connectivity index (χ4n) is 2.69. The zero-order valence-electron chi connectivity index (χ0n) is 9.71. The second kappa shape index (κ2) is 3.92. The summed E-state index contributed by atoms with van der Waals surface area (Å²) >= 11 is 0. The Balaban J connectivity index is 2.78. The lowest BCUT2D eigenvalue weighted by Crippen LogP contribution is -2.37. The van der Waals surface area contributed by atoms with E-state index in [1.165, 1.54) is 6.42 Å². The van der Waals surface area contributed by atoms with E-state index in [1.807, 2.05) is 0 Å². The molecule has 0 saturated heterocycles. The van der Waals surface area contributed by atoms with Crippen LogP contribution in [0.3, 0.4) is 0 Å². The Morgan fingerprint density at radius 1 is 1.29 bits per heavy atom. The van der Waals surface area contributed by atoms with Crippen molar-refractivity contribution in [2.45, 2.75) is 47.0 Å². The molecule has 0 aliphatic heterocycles. The van der Waals surface area contributed by atoms with Gasteiger partial charge in [-0.25, -0.2) is 0 Å². The first-order valence-corrected chi connectivity index (χ1v) is 5.55. The third-order valence-corrected chi connectivity index (χ3v) is 3.54. The molecule has 1 fully saturated rings. The highest BCUT2D eigenvalue weighted by atomic mass is 16.4. The van der Waals surface area contributed by atoms with Crippen molar-refractivity contribution in [3.8, 4) is 0 Å². The molecule has 14 heavy (non-hydrogen) atoms. The van der Waals surface area contributed by atoms with E-state index in [9.17, 15) is 9.90 Å². The Morgan fingerprint density at radius 2 is 1.86 bits per heavy atom. The molecule has 82 valence electrons. The van der Waals surface area contributed by atoms with Gasteiger partial charge in [0.1, 0.15) is 0 Å². The zero-order valence-corrected chi connectivity index (χ0v) is 9.71. The maximum Gasteiger partial charge on any atom is 0.306 e. The quantitative estimate of drug-likeness (QED) is 0.702. The van der Waals surface area contributed by atoms with Crippen LogP contribution in [0.5, 0.6) is 0 Å². The molecule has 0 bridgehead atoms. The van der Waals surface area contributed by atoms with Crippen LogP contribution in [0.25, 0.3) is 0 Å². The molecular weight excluding hydrogens is 176 g/mol. The van der Waals surface area contributed by atoms with Gasteiger partial charge < -0.3 is 5.11 Å². The van der Waals surface area contributed by atoms with Crippen LogP contribution in [0.1, 0.15) is 47.0 Å². The fraction of sp³-hybridized carbons (Fsp3) is 0.917. The standard InChI is InChI=1S/C12H22O2/c1-8-5-6-10(12(2,3)4)9(7-8)11(13)14/h8-10H,5-7H2,1-4H3,(H,13,14). The van der Waals surface area contributed by atoms with Gasteiger partial charge in [-0.1, -0.05) is 34.1 Å². The van der Waals surface area contributed by atoms with Gasteiger partial charge in [-0.15, -0.1) is 0 Å². The molecule has 0 radical (unpaired) electrons. The molecule has 2 heteroatoms. The van der Waals surface area contributed by atoms with E-state index in [2.05, 4.69) is 27.7 Å². The molecule has 0 aromatic heterocycles. The smallest absolute Gasteiger partial charge is 0.306 e. The molecule has 0 heterocycles. The van der Waals surface area contributed by atoms with Crippen molar-refractivity contribution in [3.63, 3.8) is 0 Å². The SMILES string of the molecule is CC1CCC(C(C)(C)C)C(C(=O)O)C1. The molecule has 0 aromatic rings. The molecule has 3 unspecified atom stereocenters. The molecule has 3 atom stereocenters. The largest absolute Gasteiger partial charge is 0.481 e. The molecule has 0 aromatic carbocycles. The highest BCUT2D eigenvalue weighted by Gasteiger charge is 2.39. The number of carboxylic acids is 1. The van der Waals surface area contributed by atoms with E-state index in [-0.39, 0.29) is 11.3 Å². The summed E-state index contributed by atoms with van der Waals surface area (Å²) in [6, 6.07) is 0. The van der Waals surface area contributed by atoms with Gasteiger partial charge in [0.25, 0.3) is 0 Å². The minimum absolute atomic E-state index is 0.126. The molecule has 1 aliphatic carbocycles. The van der Waals surface area contributed by atoms with Crippen molar-refractivity contribution < 1.29 is 9.90 Å². The maximum atomic E-state index is 11.2. The van der Waals surface area contributed by atoms with Crippen molar-refractivity contribution in [2.24, 2.45) is 23.2 Å². The minimum Gasteiger partial charge on any atom is -0.481 e. The Labute approximate surface area is 86.7 Å². The summed E-state index contributed by atoms with van der Waals surface area (Å²) in [6.45, 7) is 8.63. The Hall–Kier alpha value is -0.530. The molecule has 2 nitrogen and oxygen atoms in total. The lowest BCUT2D eigenvalue weighted by atomic mass is 9.64. The predicted octanol–water partition coefficient (Wildman–Crippen LogP) is 3.17. The average Bonchev–Trinajstić information content (AvgIpc) is 2.01. The highest BCUT2D eigenvalue weighted by Crippen LogP contribution is 2.43. The van der Waals surface area contributed by atoms with Crippen molar-refractivity contribution in [2.75, 3.05) is 0 Å². The van der Waals surface area contributed by atoms with Crippen LogP contribution < -0.4 is 0 Å². The van der Waals surface area contributed by atoms with E-state index < -0.39 is 5.97 Å². The fourth-order valence-corrected chi connectivity index (χ4v) is 2.69.